The monoisotopic (exact) mass is 444 g/mol. The highest BCUT2D eigenvalue weighted by molar-refractivity contribution is 9.10. The second-order valence-corrected chi connectivity index (χ2v) is 7.40. The standard InChI is InChI=1S/C21H17BrO6/c1-25-17-5-3-11(8-18(17)26-2)19(23)12-7-15-20(27-10-12)14-9-13(22)4-6-16(14)28-21(15)24/h3-6,8-9,12H,7,10H2,1-2H3. The molecular weight excluding hydrogens is 428 g/mol. The first-order valence-electron chi connectivity index (χ1n) is 8.66. The molecule has 1 unspecified atom stereocenters. The zero-order valence-electron chi connectivity index (χ0n) is 15.3. The van der Waals surface area contributed by atoms with Crippen molar-refractivity contribution in [3.05, 3.63) is 62.4 Å². The van der Waals surface area contributed by atoms with Crippen molar-refractivity contribution in [3.8, 4) is 17.2 Å². The van der Waals surface area contributed by atoms with Gasteiger partial charge < -0.3 is 18.6 Å². The van der Waals surface area contributed by atoms with E-state index in [0.29, 0.717) is 39.3 Å². The first-order valence-corrected chi connectivity index (χ1v) is 9.45. The highest BCUT2D eigenvalue weighted by Gasteiger charge is 2.31. The third-order valence-corrected chi connectivity index (χ3v) is 5.32. The van der Waals surface area contributed by atoms with Crippen LogP contribution in [0.5, 0.6) is 17.2 Å². The van der Waals surface area contributed by atoms with Crippen molar-refractivity contribution < 1.29 is 23.4 Å². The van der Waals surface area contributed by atoms with Crippen molar-refractivity contribution in [1.82, 2.24) is 0 Å². The first-order chi connectivity index (χ1) is 13.5. The molecule has 0 aliphatic carbocycles. The van der Waals surface area contributed by atoms with Gasteiger partial charge in [-0.25, -0.2) is 4.79 Å². The number of hydrogen-bond acceptors (Lipinski definition) is 6. The van der Waals surface area contributed by atoms with Gasteiger partial charge in [-0.15, -0.1) is 0 Å². The van der Waals surface area contributed by atoms with Crippen LogP contribution in [0, 0.1) is 5.92 Å². The first kappa shape index (κ1) is 18.6. The van der Waals surface area contributed by atoms with Gasteiger partial charge in [-0.2, -0.15) is 0 Å². The Morgan fingerprint density at radius 3 is 2.64 bits per heavy atom. The van der Waals surface area contributed by atoms with Gasteiger partial charge in [0.05, 0.1) is 37.7 Å². The van der Waals surface area contributed by atoms with Crippen molar-refractivity contribution in [2.45, 2.75) is 6.42 Å². The summed E-state index contributed by atoms with van der Waals surface area (Å²) >= 11 is 3.42. The van der Waals surface area contributed by atoms with E-state index in [4.69, 9.17) is 18.6 Å². The van der Waals surface area contributed by atoms with Crippen molar-refractivity contribution in [1.29, 1.82) is 0 Å². The molecule has 28 heavy (non-hydrogen) atoms. The molecule has 0 bridgehead atoms. The summed E-state index contributed by atoms with van der Waals surface area (Å²) in [5.74, 6) is 0.894. The molecule has 6 nitrogen and oxygen atoms in total. The highest BCUT2D eigenvalue weighted by atomic mass is 79.9. The zero-order valence-corrected chi connectivity index (χ0v) is 16.9. The average molecular weight is 445 g/mol. The van der Waals surface area contributed by atoms with Crippen molar-refractivity contribution in [2.24, 2.45) is 5.92 Å². The number of Topliss-reactive ketones (excluding diaryl/α,β-unsaturated/α-hetero) is 1. The summed E-state index contributed by atoms with van der Waals surface area (Å²) in [4.78, 5) is 25.4. The van der Waals surface area contributed by atoms with Gasteiger partial charge >= 0.3 is 5.63 Å². The van der Waals surface area contributed by atoms with Gasteiger partial charge in [0.25, 0.3) is 0 Å². The molecule has 0 saturated heterocycles. The minimum atomic E-state index is -0.488. The van der Waals surface area contributed by atoms with Gasteiger partial charge in [0.2, 0.25) is 0 Å². The summed E-state index contributed by atoms with van der Waals surface area (Å²) in [6.45, 7) is 0.186. The lowest BCUT2D eigenvalue weighted by Crippen LogP contribution is -2.31. The highest BCUT2D eigenvalue weighted by Crippen LogP contribution is 2.36. The number of methoxy groups -OCH3 is 2. The number of carbonyl (C=O) groups excluding carboxylic acids is 1. The molecule has 144 valence electrons. The van der Waals surface area contributed by atoms with Crippen LogP contribution in [0.1, 0.15) is 15.9 Å². The topological polar surface area (TPSA) is 75.0 Å². The van der Waals surface area contributed by atoms with Crippen LogP contribution in [0.2, 0.25) is 0 Å². The predicted octanol–water partition coefficient (Wildman–Crippen LogP) is 4.01. The van der Waals surface area contributed by atoms with E-state index in [0.717, 1.165) is 4.47 Å². The normalized spacial score (nSPS) is 15.6. The maximum absolute atomic E-state index is 13.0. The van der Waals surface area contributed by atoms with Crippen molar-refractivity contribution in [2.75, 3.05) is 20.8 Å². The molecule has 0 N–H and O–H groups in total. The van der Waals surface area contributed by atoms with Crippen LogP contribution in [0.3, 0.4) is 0 Å². The van der Waals surface area contributed by atoms with E-state index in [1.54, 1.807) is 30.3 Å². The van der Waals surface area contributed by atoms with Crippen LogP contribution >= 0.6 is 15.9 Å². The molecule has 1 aliphatic heterocycles. The number of ether oxygens (including phenoxy) is 3. The quantitative estimate of drug-likeness (QED) is 0.447. The van der Waals surface area contributed by atoms with Crippen LogP contribution in [0.4, 0.5) is 0 Å². The van der Waals surface area contributed by atoms with E-state index in [2.05, 4.69) is 15.9 Å². The lowest BCUT2D eigenvalue weighted by atomic mass is 9.90. The van der Waals surface area contributed by atoms with E-state index < -0.39 is 11.5 Å². The Morgan fingerprint density at radius 1 is 1.11 bits per heavy atom. The van der Waals surface area contributed by atoms with Gasteiger partial charge in [0, 0.05) is 10.0 Å². The molecule has 3 aromatic rings. The van der Waals surface area contributed by atoms with E-state index in [-0.39, 0.29) is 18.8 Å². The zero-order chi connectivity index (χ0) is 19.8. The number of fused-ring (bicyclic) bond motifs is 3. The van der Waals surface area contributed by atoms with Crippen molar-refractivity contribution in [3.63, 3.8) is 0 Å². The van der Waals surface area contributed by atoms with E-state index in [9.17, 15) is 9.59 Å². The van der Waals surface area contributed by atoms with E-state index in [1.165, 1.54) is 14.2 Å². The Morgan fingerprint density at radius 2 is 1.89 bits per heavy atom. The molecular formula is C21H17BrO6. The predicted molar refractivity (Wildman–Crippen MR) is 107 cm³/mol. The van der Waals surface area contributed by atoms with E-state index >= 15 is 0 Å². The summed E-state index contributed by atoms with van der Waals surface area (Å²) in [6.07, 6.45) is 0.257. The molecule has 1 aromatic heterocycles. The number of rotatable bonds is 4. The minimum Gasteiger partial charge on any atom is -0.493 e. The summed E-state index contributed by atoms with van der Waals surface area (Å²) in [7, 11) is 3.05. The Hall–Kier alpha value is -2.80. The second-order valence-electron chi connectivity index (χ2n) is 6.48. The Balaban J connectivity index is 1.69. The van der Waals surface area contributed by atoms with Crippen LogP contribution in [-0.4, -0.2) is 26.6 Å². The molecule has 0 saturated carbocycles. The Kier molecular flexibility index (Phi) is 4.85. The fourth-order valence-electron chi connectivity index (χ4n) is 3.41. The van der Waals surface area contributed by atoms with Gasteiger partial charge in [-0.3, -0.25) is 4.79 Å². The van der Waals surface area contributed by atoms with E-state index in [1.807, 2.05) is 6.07 Å². The van der Waals surface area contributed by atoms with Crippen LogP contribution in [0.25, 0.3) is 11.0 Å². The lowest BCUT2D eigenvalue weighted by molar-refractivity contribution is 0.0854. The summed E-state index contributed by atoms with van der Waals surface area (Å²) in [6, 6.07) is 10.3. The summed E-state index contributed by atoms with van der Waals surface area (Å²) < 4.78 is 22.6. The lowest BCUT2D eigenvalue weighted by Gasteiger charge is -2.24. The third-order valence-electron chi connectivity index (χ3n) is 4.83. The summed E-state index contributed by atoms with van der Waals surface area (Å²) in [5.41, 5.74) is 0.838. The van der Waals surface area contributed by atoms with Gasteiger partial charge in [-0.1, -0.05) is 15.9 Å². The number of hydrogen-bond donors (Lipinski definition) is 0. The second kappa shape index (κ2) is 7.31. The molecule has 4 rings (SSSR count). The Labute approximate surface area is 169 Å². The van der Waals surface area contributed by atoms with Gasteiger partial charge in [-0.05, 0) is 42.8 Å². The number of carbonyl (C=O) groups is 1. The number of benzene rings is 2. The molecule has 1 aliphatic rings. The Bertz CT molecular complexity index is 1130. The smallest absolute Gasteiger partial charge is 0.343 e. The van der Waals surface area contributed by atoms with Crippen LogP contribution < -0.4 is 19.8 Å². The molecule has 0 amide bonds. The average Bonchev–Trinajstić information content (AvgIpc) is 2.73. The largest absolute Gasteiger partial charge is 0.493 e. The fraction of sp³-hybridized carbons (Fsp3) is 0.238. The maximum Gasteiger partial charge on any atom is 0.343 e. The molecule has 0 radical (unpaired) electrons. The summed E-state index contributed by atoms with van der Waals surface area (Å²) in [5, 5.41) is 0.709. The molecule has 2 heterocycles. The maximum atomic E-state index is 13.0. The van der Waals surface area contributed by atoms with Gasteiger partial charge in [0.15, 0.2) is 17.3 Å². The van der Waals surface area contributed by atoms with Crippen LogP contribution in [-0.2, 0) is 6.42 Å². The van der Waals surface area contributed by atoms with Gasteiger partial charge in [0.1, 0.15) is 11.3 Å². The molecule has 1 atom stereocenters. The van der Waals surface area contributed by atoms with Crippen molar-refractivity contribution >= 4 is 32.7 Å². The molecule has 2 aromatic carbocycles. The minimum absolute atomic E-state index is 0.125. The SMILES string of the molecule is COc1ccc(C(=O)C2COc3c(c(=O)oc4ccc(Br)cc34)C2)cc1OC. The third kappa shape index (κ3) is 3.16. The molecule has 7 heteroatoms. The van der Waals surface area contributed by atoms with Crippen LogP contribution in [0.15, 0.2) is 50.1 Å². The molecule has 0 spiro atoms. The molecule has 0 fully saturated rings. The number of ketones is 1. The number of halogens is 1. The fourth-order valence-corrected chi connectivity index (χ4v) is 3.77.